The molecule has 19 heavy (non-hydrogen) atoms. The van der Waals surface area contributed by atoms with Crippen molar-refractivity contribution < 1.29 is 23.8 Å². The van der Waals surface area contributed by atoms with Gasteiger partial charge in [-0.3, -0.25) is 9.59 Å². The van der Waals surface area contributed by atoms with Crippen LogP contribution in [0.25, 0.3) is 0 Å². The normalized spacial score (nSPS) is 32.3. The van der Waals surface area contributed by atoms with E-state index in [1.54, 1.807) is 0 Å². The van der Waals surface area contributed by atoms with E-state index >= 15 is 0 Å². The largest absolute Gasteiger partial charge is 0.464 e. The minimum absolute atomic E-state index is 0.137. The van der Waals surface area contributed by atoms with Gasteiger partial charge in [-0.2, -0.15) is 0 Å². The zero-order valence-electron chi connectivity index (χ0n) is 10.3. The summed E-state index contributed by atoms with van der Waals surface area (Å²) in [6.45, 7) is 0.273. The standard InChI is InChI=1S/C12H16Cl2O5/c13-3-5-17-11(15)9-7-1-2-8(19-7)10(9)12(16)18-6-4-14/h7-10H,1-6H2. The van der Waals surface area contributed by atoms with Crippen LogP contribution in [0, 0.1) is 11.8 Å². The molecule has 4 atom stereocenters. The third kappa shape index (κ3) is 3.15. The highest BCUT2D eigenvalue weighted by molar-refractivity contribution is 6.18. The number of esters is 2. The smallest absolute Gasteiger partial charge is 0.312 e. The van der Waals surface area contributed by atoms with Crippen LogP contribution in [0.4, 0.5) is 0 Å². The lowest BCUT2D eigenvalue weighted by Gasteiger charge is -2.24. The second-order valence-electron chi connectivity index (χ2n) is 4.55. The summed E-state index contributed by atoms with van der Waals surface area (Å²) in [5.74, 6) is -1.56. The Morgan fingerprint density at radius 3 is 1.74 bits per heavy atom. The monoisotopic (exact) mass is 310 g/mol. The number of halogens is 2. The third-order valence-electron chi connectivity index (χ3n) is 3.46. The molecular formula is C12H16Cl2O5. The fraction of sp³-hybridized carbons (Fsp3) is 0.833. The highest BCUT2D eigenvalue weighted by Crippen LogP contribution is 2.44. The van der Waals surface area contributed by atoms with Gasteiger partial charge in [0, 0.05) is 0 Å². The van der Waals surface area contributed by atoms with Gasteiger partial charge in [0.05, 0.1) is 35.8 Å². The molecule has 2 heterocycles. The van der Waals surface area contributed by atoms with Gasteiger partial charge in [0.15, 0.2) is 0 Å². The number of fused-ring (bicyclic) bond motifs is 2. The van der Waals surface area contributed by atoms with Crippen molar-refractivity contribution in [3.8, 4) is 0 Å². The summed E-state index contributed by atoms with van der Waals surface area (Å²) in [6, 6.07) is 0. The molecule has 2 aliphatic heterocycles. The SMILES string of the molecule is O=C(OCCCl)C1C2CCC(O2)C1C(=O)OCCCl. The number of carbonyl (C=O) groups is 2. The van der Waals surface area contributed by atoms with Crippen LogP contribution in [-0.4, -0.2) is 49.1 Å². The molecule has 2 fully saturated rings. The number of ether oxygens (including phenoxy) is 3. The van der Waals surface area contributed by atoms with Crippen LogP contribution in [0.5, 0.6) is 0 Å². The molecule has 0 amide bonds. The van der Waals surface area contributed by atoms with Gasteiger partial charge >= 0.3 is 11.9 Å². The molecule has 0 aromatic heterocycles. The Bertz CT molecular complexity index is 317. The first-order valence-electron chi connectivity index (χ1n) is 6.29. The lowest BCUT2D eigenvalue weighted by molar-refractivity contribution is -0.160. The predicted octanol–water partition coefficient (Wildman–Crippen LogP) is 1.34. The van der Waals surface area contributed by atoms with Crippen molar-refractivity contribution in [3.63, 3.8) is 0 Å². The number of carbonyl (C=O) groups excluding carboxylic acids is 2. The molecule has 0 N–H and O–H groups in total. The molecule has 0 aliphatic carbocycles. The summed E-state index contributed by atoms with van der Waals surface area (Å²) < 4.78 is 15.7. The van der Waals surface area contributed by atoms with Gasteiger partial charge in [-0.15, -0.1) is 23.2 Å². The van der Waals surface area contributed by atoms with E-state index in [-0.39, 0.29) is 37.2 Å². The van der Waals surface area contributed by atoms with Crippen molar-refractivity contribution in [1.29, 1.82) is 0 Å². The van der Waals surface area contributed by atoms with E-state index in [2.05, 4.69) is 0 Å². The number of hydrogen-bond acceptors (Lipinski definition) is 5. The zero-order valence-corrected chi connectivity index (χ0v) is 11.9. The van der Waals surface area contributed by atoms with Gasteiger partial charge in [0.1, 0.15) is 13.2 Å². The van der Waals surface area contributed by atoms with Gasteiger partial charge in [-0.05, 0) is 12.8 Å². The zero-order chi connectivity index (χ0) is 13.8. The van der Waals surface area contributed by atoms with Gasteiger partial charge in [0.2, 0.25) is 0 Å². The molecule has 4 unspecified atom stereocenters. The van der Waals surface area contributed by atoms with Crippen LogP contribution < -0.4 is 0 Å². The van der Waals surface area contributed by atoms with Crippen molar-refractivity contribution in [2.45, 2.75) is 25.0 Å². The Labute approximate surface area is 121 Å². The summed E-state index contributed by atoms with van der Waals surface area (Å²) in [7, 11) is 0. The van der Waals surface area contributed by atoms with Crippen LogP contribution in [0.3, 0.4) is 0 Å². The molecule has 108 valence electrons. The fourth-order valence-corrected chi connectivity index (χ4v) is 2.90. The predicted molar refractivity (Wildman–Crippen MR) is 68.2 cm³/mol. The van der Waals surface area contributed by atoms with E-state index in [1.165, 1.54) is 0 Å². The van der Waals surface area contributed by atoms with Crippen molar-refractivity contribution in [3.05, 3.63) is 0 Å². The van der Waals surface area contributed by atoms with Crippen LogP contribution in [0.1, 0.15) is 12.8 Å². The second kappa shape index (κ2) is 6.77. The molecule has 2 bridgehead atoms. The molecular weight excluding hydrogens is 295 g/mol. The molecule has 0 saturated carbocycles. The molecule has 7 heteroatoms. The third-order valence-corrected chi connectivity index (χ3v) is 3.77. The molecule has 0 aromatic rings. The topological polar surface area (TPSA) is 61.8 Å². The number of rotatable bonds is 6. The summed E-state index contributed by atoms with van der Waals surface area (Å²) in [5, 5.41) is 0. The number of hydrogen-bond donors (Lipinski definition) is 0. The van der Waals surface area contributed by atoms with Crippen LogP contribution in [0.2, 0.25) is 0 Å². The summed E-state index contributed by atoms with van der Waals surface area (Å²) in [5.41, 5.74) is 0. The minimum atomic E-state index is -0.579. The first kappa shape index (κ1) is 14.9. The van der Waals surface area contributed by atoms with Crippen LogP contribution in [0.15, 0.2) is 0 Å². The Hall–Kier alpha value is -0.520. The van der Waals surface area contributed by atoms with Crippen molar-refractivity contribution in [1.82, 2.24) is 0 Å². The molecule has 2 aliphatic rings. The van der Waals surface area contributed by atoms with Crippen LogP contribution >= 0.6 is 23.2 Å². The molecule has 2 saturated heterocycles. The van der Waals surface area contributed by atoms with Crippen molar-refractivity contribution in [2.24, 2.45) is 11.8 Å². The van der Waals surface area contributed by atoms with E-state index in [1.807, 2.05) is 0 Å². The van der Waals surface area contributed by atoms with Crippen LogP contribution in [-0.2, 0) is 23.8 Å². The van der Waals surface area contributed by atoms with Crippen molar-refractivity contribution >= 4 is 35.1 Å². The maximum absolute atomic E-state index is 12.0. The first-order chi connectivity index (χ1) is 9.19. The Morgan fingerprint density at radius 2 is 1.37 bits per heavy atom. The quantitative estimate of drug-likeness (QED) is 0.547. The maximum Gasteiger partial charge on any atom is 0.312 e. The Kier molecular flexibility index (Phi) is 5.30. The molecule has 0 aromatic carbocycles. The summed E-state index contributed by atoms with van der Waals surface area (Å²) in [4.78, 5) is 24.0. The Morgan fingerprint density at radius 1 is 0.947 bits per heavy atom. The maximum atomic E-state index is 12.0. The summed E-state index contributed by atoms with van der Waals surface area (Å²) in [6.07, 6.45) is 1.04. The van der Waals surface area contributed by atoms with Crippen molar-refractivity contribution in [2.75, 3.05) is 25.0 Å². The molecule has 2 rings (SSSR count). The van der Waals surface area contributed by atoms with Gasteiger partial charge in [-0.1, -0.05) is 0 Å². The Balaban J connectivity index is 2.02. The highest BCUT2D eigenvalue weighted by Gasteiger charge is 2.56. The lowest BCUT2D eigenvalue weighted by Crippen LogP contribution is -2.40. The van der Waals surface area contributed by atoms with Gasteiger partial charge in [0.25, 0.3) is 0 Å². The van der Waals surface area contributed by atoms with E-state index in [0.29, 0.717) is 0 Å². The lowest BCUT2D eigenvalue weighted by atomic mass is 9.79. The van der Waals surface area contributed by atoms with E-state index in [4.69, 9.17) is 37.4 Å². The average molecular weight is 311 g/mol. The van der Waals surface area contributed by atoms with Gasteiger partial charge in [-0.25, -0.2) is 0 Å². The van der Waals surface area contributed by atoms with E-state index in [0.717, 1.165) is 12.8 Å². The van der Waals surface area contributed by atoms with Gasteiger partial charge < -0.3 is 14.2 Å². The summed E-state index contributed by atoms with van der Waals surface area (Å²) >= 11 is 11.0. The highest BCUT2D eigenvalue weighted by atomic mass is 35.5. The van der Waals surface area contributed by atoms with E-state index in [9.17, 15) is 9.59 Å². The first-order valence-corrected chi connectivity index (χ1v) is 7.36. The second-order valence-corrected chi connectivity index (χ2v) is 5.31. The minimum Gasteiger partial charge on any atom is -0.464 e. The molecule has 0 spiro atoms. The molecule has 0 radical (unpaired) electrons. The average Bonchev–Trinajstić information content (AvgIpc) is 3.02. The fourth-order valence-electron chi connectivity index (χ4n) is 2.75. The number of alkyl halides is 2. The molecule has 5 nitrogen and oxygen atoms in total. The van der Waals surface area contributed by atoms with E-state index < -0.39 is 23.8 Å².